The normalized spacial score (nSPS) is 22.0. The van der Waals surface area contributed by atoms with Gasteiger partial charge in [-0.3, -0.25) is 9.69 Å². The highest BCUT2D eigenvalue weighted by Gasteiger charge is 2.42. The molecule has 6 nitrogen and oxygen atoms in total. The van der Waals surface area contributed by atoms with Crippen LogP contribution >= 0.6 is 0 Å². The van der Waals surface area contributed by atoms with Crippen molar-refractivity contribution in [2.45, 2.75) is 50.4 Å². The molecule has 2 fully saturated rings. The number of methoxy groups -OCH3 is 1. The highest BCUT2D eigenvalue weighted by molar-refractivity contribution is 5.77. The second-order valence-corrected chi connectivity index (χ2v) is 7.85. The molecule has 3 rings (SSSR count). The minimum atomic E-state index is -5.08. The SMILES string of the molecule is COCC(=O)N1CCCC2(CCCN2Cc2cccc(F)c2)CC1.O=C(O)C(F)(F)F. The van der Waals surface area contributed by atoms with E-state index in [1.807, 2.05) is 11.0 Å². The number of carbonyl (C=O) groups is 2. The van der Waals surface area contributed by atoms with Gasteiger partial charge in [0.1, 0.15) is 12.4 Å². The summed E-state index contributed by atoms with van der Waals surface area (Å²) in [6.45, 7) is 3.63. The largest absolute Gasteiger partial charge is 0.490 e. The van der Waals surface area contributed by atoms with Crippen LogP contribution in [-0.4, -0.2) is 71.8 Å². The molecule has 0 aliphatic carbocycles. The first kappa shape index (κ1) is 25.1. The number of benzene rings is 1. The maximum absolute atomic E-state index is 13.5. The van der Waals surface area contributed by atoms with Gasteiger partial charge < -0.3 is 14.7 Å². The van der Waals surface area contributed by atoms with Gasteiger partial charge in [0.15, 0.2) is 0 Å². The maximum Gasteiger partial charge on any atom is 0.490 e. The van der Waals surface area contributed by atoms with Crippen LogP contribution in [0.5, 0.6) is 0 Å². The number of rotatable bonds is 4. The van der Waals surface area contributed by atoms with Crippen LogP contribution in [0.2, 0.25) is 0 Å². The predicted octanol–water partition coefficient (Wildman–Crippen LogP) is 3.45. The van der Waals surface area contributed by atoms with E-state index in [1.165, 1.54) is 18.9 Å². The number of aliphatic carboxylic acids is 1. The first-order valence-corrected chi connectivity index (χ1v) is 10.1. The van der Waals surface area contributed by atoms with Gasteiger partial charge in [-0.05, 0) is 56.3 Å². The molecule has 1 N–H and O–H groups in total. The minimum absolute atomic E-state index is 0.0872. The van der Waals surface area contributed by atoms with Crippen molar-refractivity contribution < 1.29 is 37.0 Å². The van der Waals surface area contributed by atoms with Crippen LogP contribution in [0.1, 0.15) is 37.7 Å². The second-order valence-electron chi connectivity index (χ2n) is 7.85. The summed E-state index contributed by atoms with van der Waals surface area (Å²) in [6.07, 6.45) is 0.405. The second kappa shape index (κ2) is 10.9. The summed E-state index contributed by atoms with van der Waals surface area (Å²) >= 11 is 0. The van der Waals surface area contributed by atoms with E-state index < -0.39 is 12.1 Å². The molecule has 1 unspecified atom stereocenters. The van der Waals surface area contributed by atoms with Crippen molar-refractivity contribution in [2.75, 3.05) is 33.4 Å². The standard InChI is InChI=1S/C19H27FN2O2.C2HF3O2/c1-24-15-18(23)21-10-3-7-19(9-12-21)8-4-11-22(19)14-16-5-2-6-17(20)13-16;3-2(4,5)1(6)7/h2,5-6,13H,3-4,7-12,14-15H2,1H3;(H,6,7). The fraction of sp³-hybridized carbons (Fsp3) is 0.619. The highest BCUT2D eigenvalue weighted by Crippen LogP contribution is 2.39. The topological polar surface area (TPSA) is 70.1 Å². The van der Waals surface area contributed by atoms with Crippen LogP contribution in [0.4, 0.5) is 17.6 Å². The number of likely N-dealkylation sites (tertiary alicyclic amines) is 2. The molecule has 1 amide bonds. The molecular formula is C21H28F4N2O4. The van der Waals surface area contributed by atoms with Gasteiger partial charge in [0, 0.05) is 32.3 Å². The van der Waals surface area contributed by atoms with Crippen molar-refractivity contribution in [3.63, 3.8) is 0 Å². The number of carbonyl (C=O) groups excluding carboxylic acids is 1. The van der Waals surface area contributed by atoms with E-state index in [-0.39, 0.29) is 23.9 Å². The summed E-state index contributed by atoms with van der Waals surface area (Å²) in [5.41, 5.74) is 1.20. The lowest BCUT2D eigenvalue weighted by Gasteiger charge is -2.38. The third kappa shape index (κ3) is 7.17. The molecule has 0 aromatic heterocycles. The molecule has 0 bridgehead atoms. The lowest BCUT2D eigenvalue weighted by molar-refractivity contribution is -0.192. The Hall–Kier alpha value is -2.20. The highest BCUT2D eigenvalue weighted by atomic mass is 19.4. The monoisotopic (exact) mass is 448 g/mol. The lowest BCUT2D eigenvalue weighted by atomic mass is 9.87. The van der Waals surface area contributed by atoms with Gasteiger partial charge in [0.25, 0.3) is 0 Å². The quantitative estimate of drug-likeness (QED) is 0.715. The molecule has 10 heteroatoms. The number of amides is 1. The fourth-order valence-electron chi connectivity index (χ4n) is 4.31. The van der Waals surface area contributed by atoms with E-state index in [0.29, 0.717) is 0 Å². The smallest absolute Gasteiger partial charge is 0.475 e. The Bertz CT molecular complexity index is 759. The van der Waals surface area contributed by atoms with E-state index in [9.17, 15) is 22.4 Å². The van der Waals surface area contributed by atoms with Crippen molar-refractivity contribution in [1.82, 2.24) is 9.80 Å². The number of carboxylic acid groups (broad SMARTS) is 1. The van der Waals surface area contributed by atoms with Gasteiger partial charge in [0.05, 0.1) is 0 Å². The predicted molar refractivity (Wildman–Crippen MR) is 105 cm³/mol. The Morgan fingerprint density at radius 3 is 2.35 bits per heavy atom. The molecule has 2 saturated heterocycles. The molecule has 1 aromatic carbocycles. The number of hydrogen-bond donors (Lipinski definition) is 1. The maximum atomic E-state index is 13.5. The number of carboxylic acids is 1. The van der Waals surface area contributed by atoms with Crippen LogP contribution < -0.4 is 0 Å². The van der Waals surface area contributed by atoms with E-state index in [2.05, 4.69) is 4.90 Å². The Kier molecular flexibility index (Phi) is 8.81. The van der Waals surface area contributed by atoms with Gasteiger partial charge >= 0.3 is 12.1 Å². The molecule has 2 heterocycles. The average molecular weight is 448 g/mol. The molecule has 2 aliphatic heterocycles. The Balaban J connectivity index is 0.000000423. The third-order valence-corrected chi connectivity index (χ3v) is 5.78. The van der Waals surface area contributed by atoms with E-state index in [0.717, 1.165) is 51.0 Å². The first-order valence-electron chi connectivity index (χ1n) is 10.1. The van der Waals surface area contributed by atoms with Gasteiger partial charge in [-0.2, -0.15) is 13.2 Å². The van der Waals surface area contributed by atoms with Gasteiger partial charge in [0.2, 0.25) is 5.91 Å². The van der Waals surface area contributed by atoms with Gasteiger partial charge in [-0.15, -0.1) is 0 Å². The summed E-state index contributed by atoms with van der Waals surface area (Å²) in [5.74, 6) is -2.84. The number of halogens is 4. The summed E-state index contributed by atoms with van der Waals surface area (Å²) in [6, 6.07) is 6.91. The molecule has 31 heavy (non-hydrogen) atoms. The van der Waals surface area contributed by atoms with Crippen LogP contribution in [0.15, 0.2) is 24.3 Å². The Morgan fingerprint density at radius 2 is 1.77 bits per heavy atom. The van der Waals surface area contributed by atoms with Crippen molar-refractivity contribution >= 4 is 11.9 Å². The average Bonchev–Trinajstić information content (AvgIpc) is 2.93. The summed E-state index contributed by atoms with van der Waals surface area (Å²) in [4.78, 5) is 25.5. The lowest BCUT2D eigenvalue weighted by Crippen LogP contribution is -2.44. The summed E-state index contributed by atoms with van der Waals surface area (Å²) in [7, 11) is 1.56. The van der Waals surface area contributed by atoms with Gasteiger partial charge in [-0.25, -0.2) is 9.18 Å². The first-order chi connectivity index (χ1) is 14.6. The fourth-order valence-corrected chi connectivity index (χ4v) is 4.31. The van der Waals surface area contributed by atoms with Crippen molar-refractivity contribution in [2.24, 2.45) is 0 Å². The molecule has 0 radical (unpaired) electrons. The van der Waals surface area contributed by atoms with Crippen molar-refractivity contribution in [1.29, 1.82) is 0 Å². The van der Waals surface area contributed by atoms with Crippen molar-refractivity contribution in [3.8, 4) is 0 Å². The molecule has 1 spiro atoms. The molecule has 174 valence electrons. The van der Waals surface area contributed by atoms with Crippen LogP contribution in [0, 0.1) is 5.82 Å². The zero-order chi connectivity index (χ0) is 23.1. The van der Waals surface area contributed by atoms with Crippen LogP contribution in [-0.2, 0) is 20.9 Å². The number of hydrogen-bond acceptors (Lipinski definition) is 4. The summed E-state index contributed by atoms with van der Waals surface area (Å²) < 4.78 is 50.2. The van der Waals surface area contributed by atoms with E-state index in [4.69, 9.17) is 14.6 Å². The Labute approximate surface area is 178 Å². The van der Waals surface area contributed by atoms with E-state index in [1.54, 1.807) is 19.2 Å². The van der Waals surface area contributed by atoms with Crippen LogP contribution in [0.25, 0.3) is 0 Å². The number of alkyl halides is 3. The molecular weight excluding hydrogens is 420 g/mol. The molecule has 1 aromatic rings. The van der Waals surface area contributed by atoms with Crippen molar-refractivity contribution in [3.05, 3.63) is 35.6 Å². The summed E-state index contributed by atoms with van der Waals surface area (Å²) in [5, 5.41) is 7.12. The minimum Gasteiger partial charge on any atom is -0.475 e. The van der Waals surface area contributed by atoms with Crippen LogP contribution in [0.3, 0.4) is 0 Å². The van der Waals surface area contributed by atoms with Gasteiger partial charge in [-0.1, -0.05) is 12.1 Å². The molecule has 0 saturated carbocycles. The number of ether oxygens (including phenoxy) is 1. The molecule has 2 aliphatic rings. The number of nitrogens with zero attached hydrogens (tertiary/aromatic N) is 2. The molecule has 1 atom stereocenters. The third-order valence-electron chi connectivity index (χ3n) is 5.78. The zero-order valence-corrected chi connectivity index (χ0v) is 17.5. The Morgan fingerprint density at radius 1 is 1.13 bits per heavy atom. The van der Waals surface area contributed by atoms with E-state index >= 15 is 0 Å². The zero-order valence-electron chi connectivity index (χ0n) is 17.5.